The van der Waals surface area contributed by atoms with Crippen LogP contribution in [0.4, 0.5) is 0 Å². The van der Waals surface area contributed by atoms with Crippen molar-refractivity contribution in [2.24, 2.45) is 0 Å². The van der Waals surface area contributed by atoms with Gasteiger partial charge in [0.2, 0.25) is 0 Å². The van der Waals surface area contributed by atoms with Crippen LogP contribution < -0.4 is 0 Å². The average molecular weight is 269 g/mol. The summed E-state index contributed by atoms with van der Waals surface area (Å²) in [5.41, 5.74) is 3.06. The lowest BCUT2D eigenvalue weighted by atomic mass is 10.0. The fraction of sp³-hybridized carbons (Fsp3) is 0.684. The van der Waals surface area contributed by atoms with Crippen molar-refractivity contribution in [3.05, 3.63) is 35.4 Å². The Morgan fingerprint density at radius 1 is 0.737 bits per heavy atom. The van der Waals surface area contributed by atoms with Crippen LogP contribution in [0.15, 0.2) is 24.3 Å². The van der Waals surface area contributed by atoms with Gasteiger partial charge in [0.05, 0.1) is 0 Å². The average Bonchev–Trinajstić information content (AvgIpc) is 2.51. The number of hydrogen-bond donors (Lipinski definition) is 0. The van der Waals surface area contributed by atoms with Crippen molar-refractivity contribution in [3.63, 3.8) is 0 Å². The second-order valence-electron chi connectivity index (χ2n) is 3.23. The fourth-order valence-electron chi connectivity index (χ4n) is 1.51. The summed E-state index contributed by atoms with van der Waals surface area (Å²) >= 11 is 0. The molecule has 0 atom stereocenters. The van der Waals surface area contributed by atoms with E-state index in [-0.39, 0.29) is 7.43 Å². The van der Waals surface area contributed by atoms with Crippen molar-refractivity contribution >= 4 is 0 Å². The molecule has 0 aromatic heterocycles. The van der Waals surface area contributed by atoms with E-state index in [2.05, 4.69) is 38.1 Å². The van der Waals surface area contributed by atoms with Crippen LogP contribution in [-0.2, 0) is 12.8 Å². The lowest BCUT2D eigenvalue weighted by molar-refractivity contribution is 0.787. The molecule has 0 aliphatic carbocycles. The molecule has 0 N–H and O–H groups in total. The molecule has 0 radical (unpaired) electrons. The molecule has 116 valence electrons. The van der Waals surface area contributed by atoms with Crippen LogP contribution in [0, 0.1) is 0 Å². The maximum atomic E-state index is 2.26. The third-order valence-electron chi connectivity index (χ3n) is 2.30. The van der Waals surface area contributed by atoms with Crippen LogP contribution in [0.2, 0.25) is 0 Å². The third-order valence-corrected chi connectivity index (χ3v) is 2.30. The molecule has 0 heteroatoms. The Morgan fingerprint density at radius 3 is 1.53 bits per heavy atom. The standard InChI is InChI=1S/C12H18.3C2H6.CH4/c1-3-5-8-12-10-7-6-9-11(12)4-2;3*1-2;/h6-7,9-10H,3-5,8H2,1-2H3;3*1-2H3;1H4. The van der Waals surface area contributed by atoms with Crippen molar-refractivity contribution in [1.82, 2.24) is 0 Å². The molecular weight excluding hydrogens is 228 g/mol. The normalized spacial score (nSPS) is 7.37. The van der Waals surface area contributed by atoms with Crippen LogP contribution in [-0.4, -0.2) is 0 Å². The molecule has 0 spiro atoms. The molecule has 0 saturated carbocycles. The van der Waals surface area contributed by atoms with Gasteiger partial charge in [0.1, 0.15) is 0 Å². The van der Waals surface area contributed by atoms with E-state index in [4.69, 9.17) is 0 Å². The molecule has 0 unspecified atom stereocenters. The van der Waals surface area contributed by atoms with E-state index in [9.17, 15) is 0 Å². The van der Waals surface area contributed by atoms with Crippen molar-refractivity contribution < 1.29 is 0 Å². The maximum Gasteiger partial charge on any atom is -0.0276 e. The van der Waals surface area contributed by atoms with E-state index in [1.54, 1.807) is 5.56 Å². The van der Waals surface area contributed by atoms with E-state index in [1.807, 2.05) is 41.5 Å². The highest BCUT2D eigenvalue weighted by Gasteiger charge is 1.97. The van der Waals surface area contributed by atoms with E-state index >= 15 is 0 Å². The van der Waals surface area contributed by atoms with Crippen molar-refractivity contribution in [3.8, 4) is 0 Å². The Bertz CT molecular complexity index is 225. The van der Waals surface area contributed by atoms with Gasteiger partial charge in [-0.15, -0.1) is 0 Å². The predicted octanol–water partition coefficient (Wildman–Crippen LogP) is 7.31. The lowest BCUT2D eigenvalue weighted by Crippen LogP contribution is -1.91. The first-order valence-corrected chi connectivity index (χ1v) is 7.95. The van der Waals surface area contributed by atoms with Gasteiger partial charge in [-0.05, 0) is 30.4 Å². The van der Waals surface area contributed by atoms with Crippen LogP contribution in [0.3, 0.4) is 0 Å². The molecule has 1 aromatic carbocycles. The number of rotatable bonds is 4. The summed E-state index contributed by atoms with van der Waals surface area (Å²) in [4.78, 5) is 0. The number of aryl methyl sites for hydroxylation is 2. The zero-order valence-corrected chi connectivity index (χ0v) is 14.1. The molecule has 0 bridgehead atoms. The fourth-order valence-corrected chi connectivity index (χ4v) is 1.51. The number of benzene rings is 1. The first-order valence-electron chi connectivity index (χ1n) is 7.95. The second-order valence-corrected chi connectivity index (χ2v) is 3.23. The lowest BCUT2D eigenvalue weighted by Gasteiger charge is -2.05. The first kappa shape index (κ1) is 26.7. The minimum atomic E-state index is 0. The molecule has 0 heterocycles. The van der Waals surface area contributed by atoms with Crippen molar-refractivity contribution in [2.45, 2.75) is 88.5 Å². The van der Waals surface area contributed by atoms with E-state index < -0.39 is 0 Å². The summed E-state index contributed by atoms with van der Waals surface area (Å²) in [6, 6.07) is 8.78. The van der Waals surface area contributed by atoms with E-state index in [1.165, 1.54) is 31.2 Å². The molecule has 0 saturated heterocycles. The van der Waals surface area contributed by atoms with Crippen LogP contribution in [0.25, 0.3) is 0 Å². The molecule has 1 aromatic rings. The summed E-state index contributed by atoms with van der Waals surface area (Å²) in [6.07, 6.45) is 5.02. The highest BCUT2D eigenvalue weighted by molar-refractivity contribution is 5.26. The van der Waals surface area contributed by atoms with Gasteiger partial charge in [0, 0.05) is 0 Å². The van der Waals surface area contributed by atoms with Gasteiger partial charge >= 0.3 is 0 Å². The highest BCUT2D eigenvalue weighted by Crippen LogP contribution is 2.12. The molecule has 0 fully saturated rings. The zero-order valence-electron chi connectivity index (χ0n) is 14.1. The van der Waals surface area contributed by atoms with Gasteiger partial charge in [-0.2, -0.15) is 0 Å². The van der Waals surface area contributed by atoms with Crippen LogP contribution in [0.1, 0.15) is 86.8 Å². The van der Waals surface area contributed by atoms with Gasteiger partial charge in [-0.1, -0.05) is 93.5 Å². The first-order chi connectivity index (χ1) is 8.88. The van der Waals surface area contributed by atoms with Crippen molar-refractivity contribution in [2.75, 3.05) is 0 Å². The summed E-state index contributed by atoms with van der Waals surface area (Å²) in [5, 5.41) is 0. The molecule has 1 rings (SSSR count). The third kappa shape index (κ3) is 15.2. The van der Waals surface area contributed by atoms with E-state index in [0.29, 0.717) is 0 Å². The quantitative estimate of drug-likeness (QED) is 0.537. The van der Waals surface area contributed by atoms with Crippen molar-refractivity contribution in [1.29, 1.82) is 0 Å². The Hall–Kier alpha value is -0.780. The Kier molecular flexibility index (Phi) is 36.5. The molecule has 0 aliphatic heterocycles. The zero-order chi connectivity index (χ0) is 14.8. The summed E-state index contributed by atoms with van der Waals surface area (Å²) in [6.45, 7) is 16.5. The molecular formula is C19H40. The van der Waals surface area contributed by atoms with Crippen LogP contribution in [0.5, 0.6) is 0 Å². The van der Waals surface area contributed by atoms with Gasteiger partial charge < -0.3 is 0 Å². The van der Waals surface area contributed by atoms with Gasteiger partial charge in [-0.3, -0.25) is 0 Å². The van der Waals surface area contributed by atoms with Crippen LogP contribution >= 0.6 is 0 Å². The SMILES string of the molecule is C.CC.CC.CC.CCCCc1ccccc1CC. The Morgan fingerprint density at radius 2 is 1.16 bits per heavy atom. The number of unbranched alkanes of at least 4 members (excludes halogenated alkanes) is 1. The topological polar surface area (TPSA) is 0 Å². The smallest absolute Gasteiger partial charge is 0.0276 e. The molecule has 0 amide bonds. The highest BCUT2D eigenvalue weighted by atomic mass is 14.0. The Labute approximate surface area is 124 Å². The van der Waals surface area contributed by atoms with Gasteiger partial charge in [0.15, 0.2) is 0 Å². The van der Waals surface area contributed by atoms with Gasteiger partial charge in [0.25, 0.3) is 0 Å². The maximum absolute atomic E-state index is 2.26. The second kappa shape index (κ2) is 25.9. The molecule has 0 aliphatic rings. The monoisotopic (exact) mass is 268 g/mol. The Balaban J connectivity index is -0.000000142. The van der Waals surface area contributed by atoms with Gasteiger partial charge in [-0.25, -0.2) is 0 Å². The molecule has 19 heavy (non-hydrogen) atoms. The minimum Gasteiger partial charge on any atom is -0.0776 e. The van der Waals surface area contributed by atoms with E-state index in [0.717, 1.165) is 0 Å². The minimum absolute atomic E-state index is 0. The summed E-state index contributed by atoms with van der Waals surface area (Å²) in [7, 11) is 0. The molecule has 0 nitrogen and oxygen atoms in total. The summed E-state index contributed by atoms with van der Waals surface area (Å²) in [5.74, 6) is 0. The largest absolute Gasteiger partial charge is 0.0776 e. The predicted molar refractivity (Wildman–Crippen MR) is 95.2 cm³/mol. The summed E-state index contributed by atoms with van der Waals surface area (Å²) < 4.78 is 0. The number of hydrogen-bond acceptors (Lipinski definition) is 0.